The van der Waals surface area contributed by atoms with Gasteiger partial charge in [0.1, 0.15) is 6.17 Å². The number of amides is 1. The van der Waals surface area contributed by atoms with Crippen LogP contribution in [-0.4, -0.2) is 141 Å². The number of likely N-dealkylation sites (tertiary alicyclic amines) is 1. The number of alkyl halides is 1. The van der Waals surface area contributed by atoms with Gasteiger partial charge in [-0.2, -0.15) is 4.31 Å². The van der Waals surface area contributed by atoms with Gasteiger partial charge in [-0.05, 0) is 64.8 Å². The van der Waals surface area contributed by atoms with E-state index in [1.54, 1.807) is 5.01 Å². The summed E-state index contributed by atoms with van der Waals surface area (Å²) in [6.45, 7) is 6.83. The maximum Gasteiger partial charge on any atom is 0.229 e. The van der Waals surface area contributed by atoms with E-state index in [0.717, 1.165) is 45.4 Å². The Bertz CT molecular complexity index is 960. The Hall–Kier alpha value is -0.970. The molecule has 7 saturated heterocycles. The monoisotopic (exact) mass is 557 g/mol. The number of halogens is 1. The number of hydrogen-bond acceptors (Lipinski definition) is 10. The van der Waals surface area contributed by atoms with Crippen LogP contribution in [0.2, 0.25) is 0 Å². The number of rotatable bonds is 5. The van der Waals surface area contributed by atoms with E-state index in [4.69, 9.17) is 5.73 Å². The van der Waals surface area contributed by atoms with Crippen molar-refractivity contribution in [2.45, 2.75) is 74.0 Å². The molecule has 7 fully saturated rings. The molecule has 0 aliphatic carbocycles. The Balaban J connectivity index is 1.07. The van der Waals surface area contributed by atoms with Gasteiger partial charge in [-0.3, -0.25) is 15.0 Å². The molecule has 1 amide bonds. The average Bonchev–Trinajstić information content (AvgIpc) is 3.05. The van der Waals surface area contributed by atoms with E-state index in [0.29, 0.717) is 39.0 Å². The highest BCUT2D eigenvalue weighted by atomic mass is 32.2. The first-order valence-electron chi connectivity index (χ1n) is 14.5. The van der Waals surface area contributed by atoms with Gasteiger partial charge >= 0.3 is 0 Å². The zero-order valence-corrected chi connectivity index (χ0v) is 22.9. The summed E-state index contributed by atoms with van der Waals surface area (Å²) in [5.41, 5.74) is 9.30. The van der Waals surface area contributed by atoms with Gasteiger partial charge < -0.3 is 21.3 Å². The van der Waals surface area contributed by atoms with Crippen molar-refractivity contribution in [2.75, 3.05) is 65.4 Å². The van der Waals surface area contributed by atoms with Gasteiger partial charge in [-0.25, -0.2) is 23.2 Å². The van der Waals surface area contributed by atoms with Crippen molar-refractivity contribution in [2.24, 2.45) is 11.7 Å². The zero-order chi connectivity index (χ0) is 26.4. The van der Waals surface area contributed by atoms with Crippen LogP contribution >= 0.6 is 0 Å². The molecule has 0 aromatic carbocycles. The van der Waals surface area contributed by atoms with Gasteiger partial charge in [0, 0.05) is 44.8 Å². The molecule has 7 aliphatic rings. The SMILES string of the molecule is NC1NN2CC(F)CNC2C1C(=O)NC1CNCCC1N1CCC(S(=O)(=O)N2CCN3CCC2CC3)CC1. The van der Waals surface area contributed by atoms with E-state index >= 15 is 0 Å². The smallest absolute Gasteiger partial charge is 0.229 e. The molecular formula is C24H44FN9O3S. The van der Waals surface area contributed by atoms with Crippen molar-refractivity contribution in [1.29, 1.82) is 0 Å². The number of sulfonamides is 1. The second-order valence-electron chi connectivity index (χ2n) is 11.9. The van der Waals surface area contributed by atoms with E-state index in [1.807, 2.05) is 4.31 Å². The van der Waals surface area contributed by atoms with Gasteiger partial charge in [0.2, 0.25) is 15.9 Å². The first kappa shape index (κ1) is 27.2. The molecule has 7 rings (SSSR count). The van der Waals surface area contributed by atoms with E-state index in [9.17, 15) is 17.6 Å². The maximum atomic E-state index is 13.8. The molecule has 0 aromatic rings. The third-order valence-corrected chi connectivity index (χ3v) is 12.1. The first-order chi connectivity index (χ1) is 18.3. The van der Waals surface area contributed by atoms with Gasteiger partial charge in [0.15, 0.2) is 0 Å². The van der Waals surface area contributed by atoms with Gasteiger partial charge in [0.05, 0.1) is 29.5 Å². The van der Waals surface area contributed by atoms with Crippen LogP contribution in [0.25, 0.3) is 0 Å². The molecule has 0 radical (unpaired) electrons. The quantitative estimate of drug-likeness (QED) is 0.245. The third kappa shape index (κ3) is 5.23. The lowest BCUT2D eigenvalue weighted by Gasteiger charge is -2.44. The van der Waals surface area contributed by atoms with Gasteiger partial charge in [-0.1, -0.05) is 0 Å². The molecule has 6 atom stereocenters. The molecule has 6 unspecified atom stereocenters. The lowest BCUT2D eigenvalue weighted by atomic mass is 9.94. The Labute approximate surface area is 225 Å². The molecule has 14 heteroatoms. The fourth-order valence-electron chi connectivity index (χ4n) is 7.57. The summed E-state index contributed by atoms with van der Waals surface area (Å²) in [6.07, 6.45) is 2.11. The van der Waals surface area contributed by atoms with Crippen LogP contribution < -0.4 is 27.1 Å². The zero-order valence-electron chi connectivity index (χ0n) is 22.1. The van der Waals surface area contributed by atoms with Crippen molar-refractivity contribution >= 4 is 15.9 Å². The van der Waals surface area contributed by atoms with Crippen molar-refractivity contribution in [3.63, 3.8) is 0 Å². The summed E-state index contributed by atoms with van der Waals surface area (Å²) in [5, 5.41) is 11.1. The van der Waals surface area contributed by atoms with Crippen molar-refractivity contribution in [1.82, 2.24) is 40.5 Å². The molecule has 0 aromatic heterocycles. The van der Waals surface area contributed by atoms with E-state index in [1.165, 1.54) is 0 Å². The summed E-state index contributed by atoms with van der Waals surface area (Å²) in [7, 11) is -3.32. The van der Waals surface area contributed by atoms with Crippen LogP contribution in [0.15, 0.2) is 0 Å². The molecule has 7 aliphatic heterocycles. The lowest BCUT2D eigenvalue weighted by molar-refractivity contribution is -0.128. The molecule has 12 nitrogen and oxygen atoms in total. The number of carbonyl (C=O) groups excluding carboxylic acids is 1. The predicted molar refractivity (Wildman–Crippen MR) is 141 cm³/mol. The van der Waals surface area contributed by atoms with E-state index in [2.05, 4.69) is 31.2 Å². The summed E-state index contributed by atoms with van der Waals surface area (Å²) in [6, 6.07) is 0.197. The summed E-state index contributed by atoms with van der Waals surface area (Å²) in [5.74, 6) is -0.661. The number of nitrogens with zero attached hydrogens (tertiary/aromatic N) is 4. The Morgan fingerprint density at radius 3 is 2.50 bits per heavy atom. The van der Waals surface area contributed by atoms with Crippen LogP contribution in [0.4, 0.5) is 4.39 Å². The lowest BCUT2D eigenvalue weighted by Crippen LogP contribution is -2.64. The largest absolute Gasteiger partial charge is 0.350 e. The Kier molecular flexibility index (Phi) is 7.97. The van der Waals surface area contributed by atoms with Crippen LogP contribution in [0, 0.1) is 5.92 Å². The third-order valence-electron chi connectivity index (χ3n) is 9.69. The summed E-state index contributed by atoms with van der Waals surface area (Å²) >= 11 is 0. The molecule has 2 bridgehead atoms. The molecule has 216 valence electrons. The maximum absolute atomic E-state index is 13.8. The highest BCUT2D eigenvalue weighted by Crippen LogP contribution is 2.30. The minimum Gasteiger partial charge on any atom is -0.350 e. The van der Waals surface area contributed by atoms with Crippen molar-refractivity contribution in [3.8, 4) is 0 Å². The fraction of sp³-hybridized carbons (Fsp3) is 0.958. The van der Waals surface area contributed by atoms with Crippen molar-refractivity contribution < 1.29 is 17.6 Å². The van der Waals surface area contributed by atoms with Crippen molar-refractivity contribution in [3.05, 3.63) is 0 Å². The Morgan fingerprint density at radius 1 is 0.974 bits per heavy atom. The number of nitrogens with two attached hydrogens (primary N) is 1. The highest BCUT2D eigenvalue weighted by molar-refractivity contribution is 7.89. The van der Waals surface area contributed by atoms with E-state index < -0.39 is 28.3 Å². The summed E-state index contributed by atoms with van der Waals surface area (Å²) in [4.78, 5) is 18.2. The normalized spacial score (nSPS) is 42.1. The second-order valence-corrected chi connectivity index (χ2v) is 14.1. The Morgan fingerprint density at radius 2 is 1.74 bits per heavy atom. The molecule has 0 spiro atoms. The minimum absolute atomic E-state index is 0.0988. The molecule has 0 saturated carbocycles. The number of piperidine rings is 3. The average molecular weight is 558 g/mol. The number of nitrogens with one attached hydrogen (secondary N) is 4. The van der Waals surface area contributed by atoms with E-state index in [-0.39, 0.29) is 48.5 Å². The topological polar surface area (TPSA) is 138 Å². The van der Waals surface area contributed by atoms with Crippen LogP contribution in [0.1, 0.15) is 32.1 Å². The summed E-state index contributed by atoms with van der Waals surface area (Å²) < 4.78 is 43.0. The molecule has 7 heterocycles. The standard InChI is InChI=1S/C24H44FN9O3S/c25-16-13-28-23-21(22(26)30-33(23)15-16)24(35)29-19-14-27-6-1-20(19)32-9-4-18(5-10-32)38(36,37)34-12-11-31-7-2-17(34)3-8-31/h16-23,27-28,30H,1-15,26H2,(H,29,35). The number of fused-ring (bicyclic) bond motifs is 5. The minimum atomic E-state index is -3.32. The molecule has 6 N–H and O–H groups in total. The molecular weight excluding hydrogens is 513 g/mol. The number of hydrazine groups is 1. The number of carbonyl (C=O) groups is 1. The number of hydrogen-bond donors (Lipinski definition) is 5. The second kappa shape index (κ2) is 11.1. The van der Waals surface area contributed by atoms with Crippen LogP contribution in [0.5, 0.6) is 0 Å². The predicted octanol–water partition coefficient (Wildman–Crippen LogP) is -2.60. The molecule has 38 heavy (non-hydrogen) atoms. The first-order valence-corrected chi connectivity index (χ1v) is 16.0. The fourth-order valence-corrected chi connectivity index (χ4v) is 9.72. The highest BCUT2D eigenvalue weighted by Gasteiger charge is 2.48. The van der Waals surface area contributed by atoms with Gasteiger partial charge in [0.25, 0.3) is 0 Å². The van der Waals surface area contributed by atoms with Gasteiger partial charge in [-0.15, -0.1) is 0 Å². The van der Waals surface area contributed by atoms with Crippen LogP contribution in [-0.2, 0) is 14.8 Å². The van der Waals surface area contributed by atoms with Crippen LogP contribution in [0.3, 0.4) is 0 Å².